The molecule has 1 rings (SSSR count). The van der Waals surface area contributed by atoms with Crippen LogP contribution in [0.1, 0.15) is 30.9 Å². The highest BCUT2D eigenvalue weighted by Crippen LogP contribution is 2.28. The van der Waals surface area contributed by atoms with E-state index in [1.54, 1.807) is 0 Å². The Kier molecular flexibility index (Phi) is 3.92. The van der Waals surface area contributed by atoms with E-state index in [1.165, 1.54) is 0 Å². The summed E-state index contributed by atoms with van der Waals surface area (Å²) in [6.07, 6.45) is -4.61. The first kappa shape index (κ1) is 13.7. The van der Waals surface area contributed by atoms with E-state index in [4.69, 9.17) is 0 Å². The minimum Gasteiger partial charge on any atom is -0.309 e. The molecule has 0 radical (unpaired) electrons. The zero-order valence-electron chi connectivity index (χ0n) is 9.77. The third-order valence-electron chi connectivity index (χ3n) is 2.15. The number of nitrogens with one attached hydrogen (secondary N) is 2. The number of rotatable bonds is 3. The summed E-state index contributed by atoms with van der Waals surface area (Å²) in [7, 11) is 0. The molecule has 0 saturated carbocycles. The average molecular weight is 249 g/mol. The summed E-state index contributed by atoms with van der Waals surface area (Å²) in [4.78, 5) is 17.1. The van der Waals surface area contributed by atoms with E-state index >= 15 is 0 Å². The largest absolute Gasteiger partial charge is 0.433 e. The standard InChI is InChI=1S/C10H14F3N3O/c1-5(2)14-4-7-15-8(10(11,12)13)6(3)9(17)16-7/h5,14H,4H2,1-3H3,(H,15,16,17). The second-order valence-corrected chi connectivity index (χ2v) is 4.02. The molecule has 0 aliphatic heterocycles. The summed E-state index contributed by atoms with van der Waals surface area (Å²) in [5, 5.41) is 2.89. The molecular formula is C10H14F3N3O. The molecule has 0 bridgehead atoms. The maximum atomic E-state index is 12.6. The highest BCUT2D eigenvalue weighted by Gasteiger charge is 2.35. The van der Waals surface area contributed by atoms with Gasteiger partial charge in [0.1, 0.15) is 5.82 Å². The fraction of sp³-hybridized carbons (Fsp3) is 0.600. The number of nitrogens with zero attached hydrogens (tertiary/aromatic N) is 1. The van der Waals surface area contributed by atoms with E-state index in [2.05, 4.69) is 15.3 Å². The number of hydrogen-bond acceptors (Lipinski definition) is 3. The molecule has 0 aliphatic rings. The van der Waals surface area contributed by atoms with Gasteiger partial charge in [0.05, 0.1) is 6.54 Å². The second-order valence-electron chi connectivity index (χ2n) is 4.02. The van der Waals surface area contributed by atoms with Gasteiger partial charge in [-0.1, -0.05) is 13.8 Å². The van der Waals surface area contributed by atoms with Gasteiger partial charge in [0.25, 0.3) is 5.56 Å². The topological polar surface area (TPSA) is 57.8 Å². The van der Waals surface area contributed by atoms with Crippen LogP contribution in [-0.4, -0.2) is 16.0 Å². The van der Waals surface area contributed by atoms with E-state index in [1.807, 2.05) is 13.8 Å². The van der Waals surface area contributed by atoms with Crippen LogP contribution in [0.25, 0.3) is 0 Å². The highest BCUT2D eigenvalue weighted by molar-refractivity contribution is 5.18. The van der Waals surface area contributed by atoms with E-state index in [-0.39, 0.29) is 18.4 Å². The molecule has 4 nitrogen and oxygen atoms in total. The number of hydrogen-bond donors (Lipinski definition) is 2. The first-order valence-corrected chi connectivity index (χ1v) is 5.12. The minimum absolute atomic E-state index is 0.0124. The first-order chi connectivity index (χ1) is 7.71. The summed E-state index contributed by atoms with van der Waals surface area (Å²) >= 11 is 0. The van der Waals surface area contributed by atoms with Gasteiger partial charge < -0.3 is 10.3 Å². The van der Waals surface area contributed by atoms with Crippen molar-refractivity contribution < 1.29 is 13.2 Å². The number of aromatic nitrogens is 2. The summed E-state index contributed by atoms with van der Waals surface area (Å²) in [5.74, 6) is -0.0124. The highest BCUT2D eigenvalue weighted by atomic mass is 19.4. The fourth-order valence-electron chi connectivity index (χ4n) is 1.24. The molecule has 2 N–H and O–H groups in total. The lowest BCUT2D eigenvalue weighted by Gasteiger charge is -2.12. The lowest BCUT2D eigenvalue weighted by Crippen LogP contribution is -2.28. The third-order valence-corrected chi connectivity index (χ3v) is 2.15. The fourth-order valence-corrected chi connectivity index (χ4v) is 1.24. The van der Waals surface area contributed by atoms with Crippen molar-refractivity contribution >= 4 is 0 Å². The SMILES string of the molecule is Cc1c(C(F)(F)F)nc(CNC(C)C)[nH]c1=O. The van der Waals surface area contributed by atoms with Crippen molar-refractivity contribution in [1.82, 2.24) is 15.3 Å². The minimum atomic E-state index is -4.61. The maximum absolute atomic E-state index is 12.6. The van der Waals surface area contributed by atoms with Crippen LogP contribution in [0, 0.1) is 6.92 Å². The summed E-state index contributed by atoms with van der Waals surface area (Å²) < 4.78 is 37.7. The number of alkyl halides is 3. The molecule has 0 aromatic carbocycles. The van der Waals surface area contributed by atoms with Crippen LogP contribution >= 0.6 is 0 Å². The van der Waals surface area contributed by atoms with Crippen molar-refractivity contribution in [3.05, 3.63) is 27.4 Å². The van der Waals surface area contributed by atoms with Crippen molar-refractivity contribution in [2.45, 2.75) is 39.5 Å². The Bertz CT molecular complexity index is 451. The zero-order chi connectivity index (χ0) is 13.2. The smallest absolute Gasteiger partial charge is 0.309 e. The molecule has 17 heavy (non-hydrogen) atoms. The van der Waals surface area contributed by atoms with E-state index in [0.717, 1.165) is 6.92 Å². The average Bonchev–Trinajstić information content (AvgIpc) is 2.17. The van der Waals surface area contributed by atoms with E-state index in [0.29, 0.717) is 0 Å². The lowest BCUT2D eigenvalue weighted by molar-refractivity contribution is -0.142. The van der Waals surface area contributed by atoms with Gasteiger partial charge in [0.2, 0.25) is 0 Å². The lowest BCUT2D eigenvalue weighted by atomic mass is 10.2. The van der Waals surface area contributed by atoms with E-state index < -0.39 is 23.0 Å². The molecule has 96 valence electrons. The van der Waals surface area contributed by atoms with Crippen LogP contribution in [-0.2, 0) is 12.7 Å². The Morgan fingerprint density at radius 1 is 1.41 bits per heavy atom. The molecule has 1 aromatic heterocycles. The molecule has 0 amide bonds. The normalized spacial score (nSPS) is 12.2. The zero-order valence-corrected chi connectivity index (χ0v) is 9.77. The first-order valence-electron chi connectivity index (χ1n) is 5.12. The van der Waals surface area contributed by atoms with Crippen molar-refractivity contribution in [1.29, 1.82) is 0 Å². The summed E-state index contributed by atoms with van der Waals surface area (Å²) in [6.45, 7) is 4.89. The predicted octanol–water partition coefficient (Wildman–Crippen LogP) is 1.60. The molecule has 0 spiro atoms. The summed E-state index contributed by atoms with van der Waals surface area (Å²) in [6, 6.07) is 0.0935. The Morgan fingerprint density at radius 2 is 2.00 bits per heavy atom. The molecule has 0 fully saturated rings. The van der Waals surface area contributed by atoms with Gasteiger partial charge in [-0.2, -0.15) is 13.2 Å². The van der Waals surface area contributed by atoms with Gasteiger partial charge in [0.15, 0.2) is 5.69 Å². The molecule has 1 heterocycles. The Balaban J connectivity index is 3.11. The molecule has 0 unspecified atom stereocenters. The second kappa shape index (κ2) is 4.87. The van der Waals surface area contributed by atoms with Gasteiger partial charge in [-0.3, -0.25) is 4.79 Å². The molecular weight excluding hydrogens is 235 g/mol. The Hall–Kier alpha value is -1.37. The van der Waals surface area contributed by atoms with Crippen LogP contribution in [0.3, 0.4) is 0 Å². The third kappa shape index (κ3) is 3.55. The Labute approximate surface area is 96.3 Å². The van der Waals surface area contributed by atoms with Gasteiger partial charge >= 0.3 is 6.18 Å². The molecule has 1 aromatic rings. The number of aromatic amines is 1. The molecule has 0 saturated heterocycles. The van der Waals surface area contributed by atoms with Gasteiger partial charge in [-0.15, -0.1) is 0 Å². The Morgan fingerprint density at radius 3 is 2.47 bits per heavy atom. The van der Waals surface area contributed by atoms with Crippen LogP contribution in [0.4, 0.5) is 13.2 Å². The van der Waals surface area contributed by atoms with Gasteiger partial charge in [-0.25, -0.2) is 4.98 Å². The quantitative estimate of drug-likeness (QED) is 0.855. The number of H-pyrrole nitrogens is 1. The van der Waals surface area contributed by atoms with Gasteiger partial charge in [0, 0.05) is 11.6 Å². The molecule has 7 heteroatoms. The van der Waals surface area contributed by atoms with Gasteiger partial charge in [-0.05, 0) is 6.92 Å². The van der Waals surface area contributed by atoms with E-state index in [9.17, 15) is 18.0 Å². The van der Waals surface area contributed by atoms with Crippen LogP contribution < -0.4 is 10.9 Å². The summed E-state index contributed by atoms with van der Waals surface area (Å²) in [5.41, 5.74) is -2.29. The van der Waals surface area contributed by atoms with Crippen molar-refractivity contribution in [2.75, 3.05) is 0 Å². The van der Waals surface area contributed by atoms with Crippen LogP contribution in [0.15, 0.2) is 4.79 Å². The maximum Gasteiger partial charge on any atom is 0.433 e. The molecule has 0 atom stereocenters. The monoisotopic (exact) mass is 249 g/mol. The van der Waals surface area contributed by atoms with Crippen molar-refractivity contribution in [2.24, 2.45) is 0 Å². The number of halogens is 3. The van der Waals surface area contributed by atoms with Crippen molar-refractivity contribution in [3.8, 4) is 0 Å². The van der Waals surface area contributed by atoms with Crippen LogP contribution in [0.5, 0.6) is 0 Å². The molecule has 0 aliphatic carbocycles. The predicted molar refractivity (Wildman–Crippen MR) is 56.6 cm³/mol. The van der Waals surface area contributed by atoms with Crippen molar-refractivity contribution in [3.63, 3.8) is 0 Å². The van der Waals surface area contributed by atoms with Crippen LogP contribution in [0.2, 0.25) is 0 Å².